The lowest BCUT2D eigenvalue weighted by Crippen LogP contribution is -2.53. The number of benzene rings is 1. The van der Waals surface area contributed by atoms with Gasteiger partial charge in [-0.05, 0) is 112 Å². The van der Waals surface area contributed by atoms with Crippen LogP contribution in [-0.4, -0.2) is 24.6 Å². The molecule has 1 aromatic heterocycles. The summed E-state index contributed by atoms with van der Waals surface area (Å²) in [5, 5.41) is 0. The molecule has 6 rings (SSSR count). The van der Waals surface area contributed by atoms with E-state index in [1.54, 1.807) is 0 Å². The molecule has 5 nitrogen and oxygen atoms in total. The Labute approximate surface area is 238 Å². The van der Waals surface area contributed by atoms with Crippen molar-refractivity contribution in [3.63, 3.8) is 0 Å². The van der Waals surface area contributed by atoms with Crippen LogP contribution in [0.4, 0.5) is 0 Å². The van der Waals surface area contributed by atoms with Gasteiger partial charge < -0.3 is 13.9 Å². The number of fused-ring (bicyclic) bond motifs is 5. The Morgan fingerprint density at radius 3 is 2.52 bits per heavy atom. The minimum Gasteiger partial charge on any atom is -0.465 e. The predicted octanol–water partition coefficient (Wildman–Crippen LogP) is 8.11. The molecule has 214 valence electrons. The lowest BCUT2D eigenvalue weighted by Gasteiger charge is -2.60. The van der Waals surface area contributed by atoms with E-state index in [1.165, 1.54) is 31.3 Å². The number of hydrogen-bond acceptors (Lipinski definition) is 5. The van der Waals surface area contributed by atoms with E-state index in [1.807, 2.05) is 50.2 Å². The molecule has 4 aliphatic carbocycles. The summed E-state index contributed by atoms with van der Waals surface area (Å²) in [5.74, 6) is 3.80. The van der Waals surface area contributed by atoms with E-state index in [2.05, 4.69) is 19.9 Å². The molecule has 5 heteroatoms. The molecule has 0 spiro atoms. The van der Waals surface area contributed by atoms with Gasteiger partial charge in [-0.2, -0.15) is 0 Å². The van der Waals surface area contributed by atoms with E-state index < -0.39 is 0 Å². The number of allylic oxidation sites excluding steroid dienone is 2. The zero-order chi connectivity index (χ0) is 28.1. The zero-order valence-corrected chi connectivity index (χ0v) is 24.5. The molecule has 3 saturated carbocycles. The maximum atomic E-state index is 12.9. The molecule has 7 unspecified atom stereocenters. The van der Waals surface area contributed by atoms with Gasteiger partial charge in [0, 0.05) is 11.8 Å². The van der Waals surface area contributed by atoms with Gasteiger partial charge >= 0.3 is 11.9 Å². The lowest BCUT2D eigenvalue weighted by atomic mass is 9.45. The van der Waals surface area contributed by atoms with Crippen molar-refractivity contribution < 1.29 is 23.5 Å². The molecule has 3 fully saturated rings. The molecule has 0 aliphatic heterocycles. The van der Waals surface area contributed by atoms with Crippen LogP contribution in [0.5, 0.6) is 0 Å². The molecular weight excluding hydrogens is 500 g/mol. The third-order valence-corrected chi connectivity index (χ3v) is 11.4. The molecule has 1 aromatic carbocycles. The van der Waals surface area contributed by atoms with E-state index in [4.69, 9.17) is 13.9 Å². The number of hydrogen-bond donors (Lipinski definition) is 0. The Kier molecular flexibility index (Phi) is 7.21. The van der Waals surface area contributed by atoms with Crippen LogP contribution in [0.2, 0.25) is 0 Å². The van der Waals surface area contributed by atoms with Crippen LogP contribution in [0, 0.1) is 41.4 Å². The number of carbonyl (C=O) groups is 2. The fourth-order valence-corrected chi connectivity index (χ4v) is 9.28. The van der Waals surface area contributed by atoms with Gasteiger partial charge in [0.2, 0.25) is 0 Å². The van der Waals surface area contributed by atoms with Crippen molar-refractivity contribution in [2.45, 2.75) is 91.6 Å². The molecule has 2 aromatic rings. The molecule has 0 bridgehead atoms. The van der Waals surface area contributed by atoms with Gasteiger partial charge in [-0.1, -0.05) is 43.7 Å². The van der Waals surface area contributed by atoms with Crippen molar-refractivity contribution in [1.29, 1.82) is 0 Å². The maximum absolute atomic E-state index is 12.9. The average molecular weight is 545 g/mol. The van der Waals surface area contributed by atoms with E-state index >= 15 is 0 Å². The van der Waals surface area contributed by atoms with Gasteiger partial charge in [0.1, 0.15) is 23.2 Å². The SMILES string of the molecule is CCOC(=O)c1cc(CC2=CCC3(C)C(CCC4C3CCC3(C)C(OC(=O)c5ccccc5)CCC43)C2)oc1C. The molecule has 0 radical (unpaired) electrons. The molecule has 1 heterocycles. The maximum Gasteiger partial charge on any atom is 0.341 e. The van der Waals surface area contributed by atoms with E-state index in [-0.39, 0.29) is 23.5 Å². The normalized spacial score (nSPS) is 34.7. The van der Waals surface area contributed by atoms with E-state index in [0.29, 0.717) is 40.7 Å². The second-order valence-electron chi connectivity index (χ2n) is 13.4. The average Bonchev–Trinajstić information content (AvgIpc) is 3.48. The van der Waals surface area contributed by atoms with Gasteiger partial charge in [0.05, 0.1) is 12.2 Å². The zero-order valence-electron chi connectivity index (χ0n) is 24.5. The first kappa shape index (κ1) is 27.4. The quantitative estimate of drug-likeness (QED) is 0.271. The fourth-order valence-electron chi connectivity index (χ4n) is 9.28. The Morgan fingerprint density at radius 1 is 0.975 bits per heavy atom. The number of esters is 2. The summed E-state index contributed by atoms with van der Waals surface area (Å²) >= 11 is 0. The largest absolute Gasteiger partial charge is 0.465 e. The molecular formula is C35H44O5. The Balaban J connectivity index is 1.14. The molecule has 40 heavy (non-hydrogen) atoms. The summed E-state index contributed by atoms with van der Waals surface area (Å²) in [6, 6.07) is 11.3. The summed E-state index contributed by atoms with van der Waals surface area (Å²) in [6.07, 6.45) is 12.6. The van der Waals surface area contributed by atoms with E-state index in [9.17, 15) is 9.59 Å². The minimum atomic E-state index is -0.299. The highest BCUT2D eigenvalue weighted by Gasteiger charge is 2.60. The van der Waals surface area contributed by atoms with Crippen molar-refractivity contribution in [2.75, 3.05) is 6.61 Å². The summed E-state index contributed by atoms with van der Waals surface area (Å²) in [4.78, 5) is 25.2. The number of carbonyl (C=O) groups excluding carboxylic acids is 2. The predicted molar refractivity (Wildman–Crippen MR) is 154 cm³/mol. The van der Waals surface area contributed by atoms with Gasteiger partial charge in [-0.25, -0.2) is 9.59 Å². The lowest BCUT2D eigenvalue weighted by molar-refractivity contribution is -0.112. The summed E-state index contributed by atoms with van der Waals surface area (Å²) in [7, 11) is 0. The minimum absolute atomic E-state index is 0.0193. The van der Waals surface area contributed by atoms with Crippen molar-refractivity contribution in [1.82, 2.24) is 0 Å². The summed E-state index contributed by atoms with van der Waals surface area (Å²) < 4.78 is 17.4. The third-order valence-electron chi connectivity index (χ3n) is 11.4. The Morgan fingerprint density at radius 2 is 1.75 bits per heavy atom. The first-order chi connectivity index (χ1) is 19.2. The topological polar surface area (TPSA) is 65.7 Å². The number of furan rings is 1. The highest BCUT2D eigenvalue weighted by atomic mass is 16.5. The monoisotopic (exact) mass is 544 g/mol. The van der Waals surface area contributed by atoms with Crippen LogP contribution in [-0.2, 0) is 15.9 Å². The van der Waals surface area contributed by atoms with Crippen molar-refractivity contribution in [2.24, 2.45) is 34.5 Å². The van der Waals surface area contributed by atoms with Crippen LogP contribution in [0.1, 0.15) is 104 Å². The third kappa shape index (κ3) is 4.63. The molecule has 7 atom stereocenters. The fraction of sp³-hybridized carbons (Fsp3) is 0.600. The Hall–Kier alpha value is -2.82. The van der Waals surface area contributed by atoms with Crippen LogP contribution >= 0.6 is 0 Å². The van der Waals surface area contributed by atoms with Gasteiger partial charge in [0.25, 0.3) is 0 Å². The first-order valence-corrected chi connectivity index (χ1v) is 15.4. The molecule has 0 saturated heterocycles. The van der Waals surface area contributed by atoms with Gasteiger partial charge in [-0.15, -0.1) is 0 Å². The second kappa shape index (κ2) is 10.5. The molecule has 0 amide bonds. The van der Waals surface area contributed by atoms with Gasteiger partial charge in [-0.3, -0.25) is 0 Å². The highest BCUT2D eigenvalue weighted by Crippen LogP contribution is 2.66. The van der Waals surface area contributed by atoms with Crippen molar-refractivity contribution >= 4 is 11.9 Å². The highest BCUT2D eigenvalue weighted by molar-refractivity contribution is 5.90. The second-order valence-corrected chi connectivity index (χ2v) is 13.4. The van der Waals surface area contributed by atoms with Crippen LogP contribution in [0.3, 0.4) is 0 Å². The number of rotatable bonds is 6. The standard InChI is InChI=1S/C35H44O5/c1-5-38-33(37)28-21-26(39-22(28)2)20-23-15-17-34(3)25(19-23)11-12-27-29-13-14-31(35(29,4)18-16-30(27)34)40-32(36)24-9-7-6-8-10-24/h6-10,15,21,25,27,29-31H,5,11-14,16-20H2,1-4H3. The molecule has 4 aliphatic rings. The summed E-state index contributed by atoms with van der Waals surface area (Å²) in [5.41, 5.74) is 3.05. The summed E-state index contributed by atoms with van der Waals surface area (Å²) in [6.45, 7) is 9.00. The first-order valence-electron chi connectivity index (χ1n) is 15.4. The Bertz CT molecular complexity index is 1290. The van der Waals surface area contributed by atoms with Crippen LogP contribution in [0.15, 0.2) is 52.5 Å². The van der Waals surface area contributed by atoms with Crippen LogP contribution < -0.4 is 0 Å². The molecule has 0 N–H and O–H groups in total. The van der Waals surface area contributed by atoms with E-state index in [0.717, 1.165) is 49.7 Å². The van der Waals surface area contributed by atoms with Gasteiger partial charge in [0.15, 0.2) is 0 Å². The number of aryl methyl sites for hydroxylation is 1. The number of ether oxygens (including phenoxy) is 2. The van der Waals surface area contributed by atoms with Crippen molar-refractivity contribution in [3.8, 4) is 0 Å². The smallest absolute Gasteiger partial charge is 0.341 e. The van der Waals surface area contributed by atoms with Crippen LogP contribution in [0.25, 0.3) is 0 Å². The van der Waals surface area contributed by atoms with Crippen molar-refractivity contribution in [3.05, 3.63) is 70.7 Å².